The van der Waals surface area contributed by atoms with Crippen molar-refractivity contribution in [2.24, 2.45) is 0 Å². The van der Waals surface area contributed by atoms with Gasteiger partial charge in [-0.15, -0.1) is 0 Å². The van der Waals surface area contributed by atoms with Crippen LogP contribution < -0.4 is 5.32 Å². The maximum atomic E-state index is 12.7. The van der Waals surface area contributed by atoms with Crippen molar-refractivity contribution >= 4 is 6.03 Å². The van der Waals surface area contributed by atoms with Crippen molar-refractivity contribution < 1.29 is 14.4 Å². The molecule has 2 aromatic rings. The fourth-order valence-corrected chi connectivity index (χ4v) is 3.04. The number of aromatic nitrogens is 2. The first-order valence-electron chi connectivity index (χ1n) is 8.65. The van der Waals surface area contributed by atoms with Gasteiger partial charge in [-0.2, -0.15) is 4.98 Å². The Balaban J connectivity index is 1.70. The molecule has 0 spiro atoms. The molecule has 1 fully saturated rings. The minimum Gasteiger partial charge on any atom is -0.508 e. The molecule has 0 unspecified atom stereocenters. The molecule has 0 bridgehead atoms. The van der Waals surface area contributed by atoms with Crippen LogP contribution in [0, 0.1) is 0 Å². The van der Waals surface area contributed by atoms with Crippen LogP contribution in [-0.2, 0) is 0 Å². The zero-order valence-electron chi connectivity index (χ0n) is 14.8. The molecule has 25 heavy (non-hydrogen) atoms. The first kappa shape index (κ1) is 17.3. The highest BCUT2D eigenvalue weighted by Gasteiger charge is 2.34. The van der Waals surface area contributed by atoms with E-state index in [1.54, 1.807) is 23.1 Å². The molecule has 2 heterocycles. The van der Waals surface area contributed by atoms with Crippen LogP contribution in [-0.4, -0.2) is 32.7 Å². The lowest BCUT2D eigenvalue weighted by Crippen LogP contribution is -2.40. The smallest absolute Gasteiger partial charge is 0.318 e. The van der Waals surface area contributed by atoms with Crippen molar-refractivity contribution in [2.75, 3.05) is 6.54 Å². The van der Waals surface area contributed by atoms with Gasteiger partial charge in [-0.25, -0.2) is 4.79 Å². The molecule has 0 saturated carbocycles. The Kier molecular flexibility index (Phi) is 4.92. The largest absolute Gasteiger partial charge is 0.508 e. The fourth-order valence-electron chi connectivity index (χ4n) is 3.04. The number of nitrogens with zero attached hydrogens (tertiary/aromatic N) is 3. The molecule has 1 saturated heterocycles. The lowest BCUT2D eigenvalue weighted by Gasteiger charge is -2.25. The van der Waals surface area contributed by atoms with Crippen molar-refractivity contribution in [3.05, 3.63) is 41.5 Å². The van der Waals surface area contributed by atoms with Gasteiger partial charge in [-0.05, 0) is 37.5 Å². The Bertz CT molecular complexity index is 743. The van der Waals surface area contributed by atoms with Crippen LogP contribution in [0.1, 0.15) is 68.9 Å². The molecule has 134 valence electrons. The number of hydrogen-bond donors (Lipinski definition) is 2. The fraction of sp³-hybridized carbons (Fsp3) is 0.500. The number of phenols is 1. The molecule has 2 atom stereocenters. The molecule has 2 amide bonds. The number of likely N-dealkylation sites (tertiary alicyclic amines) is 1. The van der Waals surface area contributed by atoms with Gasteiger partial charge in [0.25, 0.3) is 0 Å². The summed E-state index contributed by atoms with van der Waals surface area (Å²) in [6, 6.07) is 6.37. The van der Waals surface area contributed by atoms with Crippen molar-refractivity contribution in [1.29, 1.82) is 0 Å². The third kappa shape index (κ3) is 3.75. The highest BCUT2D eigenvalue weighted by molar-refractivity contribution is 5.75. The molecule has 1 aromatic heterocycles. The second-order valence-corrected chi connectivity index (χ2v) is 6.76. The van der Waals surface area contributed by atoms with Crippen molar-refractivity contribution in [3.63, 3.8) is 0 Å². The number of urea groups is 1. The number of carbonyl (C=O) groups excluding carboxylic acids is 1. The van der Waals surface area contributed by atoms with Gasteiger partial charge in [0.05, 0.1) is 12.1 Å². The van der Waals surface area contributed by atoms with E-state index in [-0.39, 0.29) is 29.8 Å². The van der Waals surface area contributed by atoms with Gasteiger partial charge in [-0.3, -0.25) is 0 Å². The third-order valence-corrected chi connectivity index (χ3v) is 4.47. The van der Waals surface area contributed by atoms with E-state index in [0.717, 1.165) is 18.4 Å². The number of amides is 2. The van der Waals surface area contributed by atoms with Crippen LogP contribution in [0.5, 0.6) is 5.75 Å². The second kappa shape index (κ2) is 7.13. The molecule has 0 radical (unpaired) electrons. The van der Waals surface area contributed by atoms with Gasteiger partial charge in [-0.1, -0.05) is 31.1 Å². The molecule has 1 aliphatic heterocycles. The van der Waals surface area contributed by atoms with E-state index in [4.69, 9.17) is 4.52 Å². The highest BCUT2D eigenvalue weighted by Crippen LogP contribution is 2.31. The summed E-state index contributed by atoms with van der Waals surface area (Å²) in [5.41, 5.74) is 0.853. The van der Waals surface area contributed by atoms with Gasteiger partial charge >= 0.3 is 6.03 Å². The lowest BCUT2D eigenvalue weighted by atomic mass is 10.1. The molecular weight excluding hydrogens is 320 g/mol. The van der Waals surface area contributed by atoms with Crippen molar-refractivity contribution in [3.8, 4) is 5.75 Å². The minimum atomic E-state index is -0.211. The monoisotopic (exact) mass is 344 g/mol. The quantitative estimate of drug-likeness (QED) is 0.885. The van der Waals surface area contributed by atoms with E-state index in [9.17, 15) is 9.90 Å². The van der Waals surface area contributed by atoms with Crippen LogP contribution in [0.2, 0.25) is 0 Å². The summed E-state index contributed by atoms with van der Waals surface area (Å²) in [7, 11) is 0. The van der Waals surface area contributed by atoms with Gasteiger partial charge in [0.1, 0.15) is 5.75 Å². The molecule has 0 aliphatic carbocycles. The van der Waals surface area contributed by atoms with E-state index >= 15 is 0 Å². The summed E-state index contributed by atoms with van der Waals surface area (Å²) < 4.78 is 5.28. The SMILES string of the molecule is CC(C)c1nc([C@@H]2CCCN2C(=O)N[C@@H](C)c2cccc(O)c2)no1. The van der Waals surface area contributed by atoms with Crippen LogP contribution in [0.25, 0.3) is 0 Å². The van der Waals surface area contributed by atoms with E-state index in [0.29, 0.717) is 18.3 Å². The summed E-state index contributed by atoms with van der Waals surface area (Å²) in [5.74, 6) is 1.51. The number of benzene rings is 1. The van der Waals surface area contributed by atoms with Crippen LogP contribution >= 0.6 is 0 Å². The Hall–Kier alpha value is -2.57. The normalized spacial score (nSPS) is 18.6. The number of phenolic OH excluding ortho intramolecular Hbond substituents is 1. The van der Waals surface area contributed by atoms with Crippen molar-refractivity contribution in [2.45, 2.75) is 51.6 Å². The predicted octanol–water partition coefficient (Wildman–Crippen LogP) is 3.51. The zero-order valence-corrected chi connectivity index (χ0v) is 14.8. The maximum Gasteiger partial charge on any atom is 0.318 e. The standard InChI is InChI=1S/C18H24N4O3/c1-11(2)17-20-16(21-25-17)15-8-5-9-22(15)18(24)19-12(3)13-6-4-7-14(23)10-13/h4,6-7,10-12,15,23H,5,8-9H2,1-3H3,(H,19,24)/t12-,15-/m0/s1. The first-order chi connectivity index (χ1) is 12.0. The summed E-state index contributed by atoms with van der Waals surface area (Å²) in [6.07, 6.45) is 1.73. The average molecular weight is 344 g/mol. The molecule has 7 heteroatoms. The summed E-state index contributed by atoms with van der Waals surface area (Å²) >= 11 is 0. The van der Waals surface area contributed by atoms with Crippen LogP contribution in [0.4, 0.5) is 4.79 Å². The van der Waals surface area contributed by atoms with Gasteiger partial charge < -0.3 is 19.8 Å². The molecule has 2 N–H and O–H groups in total. The molecule has 1 aliphatic rings. The Morgan fingerprint density at radius 1 is 1.40 bits per heavy atom. The Labute approximate surface area is 147 Å². The number of rotatable bonds is 4. The zero-order chi connectivity index (χ0) is 18.0. The van der Waals surface area contributed by atoms with E-state index < -0.39 is 0 Å². The van der Waals surface area contributed by atoms with Crippen LogP contribution in [0.3, 0.4) is 0 Å². The van der Waals surface area contributed by atoms with Crippen LogP contribution in [0.15, 0.2) is 28.8 Å². The van der Waals surface area contributed by atoms with E-state index in [2.05, 4.69) is 15.5 Å². The summed E-state index contributed by atoms with van der Waals surface area (Å²) in [5, 5.41) is 16.6. The number of carbonyl (C=O) groups is 1. The number of aromatic hydroxyl groups is 1. The summed E-state index contributed by atoms with van der Waals surface area (Å²) in [6.45, 7) is 6.54. The Morgan fingerprint density at radius 2 is 2.20 bits per heavy atom. The highest BCUT2D eigenvalue weighted by atomic mass is 16.5. The van der Waals surface area contributed by atoms with Crippen molar-refractivity contribution in [1.82, 2.24) is 20.4 Å². The lowest BCUT2D eigenvalue weighted by molar-refractivity contribution is 0.186. The third-order valence-electron chi connectivity index (χ3n) is 4.47. The van der Waals surface area contributed by atoms with E-state index in [1.165, 1.54) is 0 Å². The number of hydrogen-bond acceptors (Lipinski definition) is 5. The van der Waals surface area contributed by atoms with Gasteiger partial charge in [0.2, 0.25) is 5.89 Å². The predicted molar refractivity (Wildman–Crippen MR) is 92.1 cm³/mol. The number of nitrogens with one attached hydrogen (secondary N) is 1. The van der Waals surface area contributed by atoms with Gasteiger partial charge in [0.15, 0.2) is 5.82 Å². The average Bonchev–Trinajstić information content (AvgIpc) is 3.23. The summed E-state index contributed by atoms with van der Waals surface area (Å²) in [4.78, 5) is 18.9. The second-order valence-electron chi connectivity index (χ2n) is 6.76. The van der Waals surface area contributed by atoms with E-state index in [1.807, 2.05) is 26.8 Å². The molecule has 3 rings (SSSR count). The minimum absolute atomic E-state index is 0.158. The Morgan fingerprint density at radius 3 is 2.88 bits per heavy atom. The first-order valence-corrected chi connectivity index (χ1v) is 8.65. The molecular formula is C18H24N4O3. The topological polar surface area (TPSA) is 91.5 Å². The molecule has 7 nitrogen and oxygen atoms in total. The van der Waals surface area contributed by atoms with Gasteiger partial charge in [0, 0.05) is 12.5 Å². The molecule has 1 aromatic carbocycles. The maximum absolute atomic E-state index is 12.7.